The highest BCUT2D eigenvalue weighted by Crippen LogP contribution is 2.36. The van der Waals surface area contributed by atoms with Gasteiger partial charge in [0.15, 0.2) is 0 Å². The third-order valence-electron chi connectivity index (χ3n) is 6.85. The topological polar surface area (TPSA) is 116 Å². The van der Waals surface area contributed by atoms with Gasteiger partial charge in [0.25, 0.3) is 0 Å². The Kier molecular flexibility index (Phi) is 12.4. The zero-order valence-electron chi connectivity index (χ0n) is 25.9. The average Bonchev–Trinajstić information content (AvgIpc) is 3.21. The molecule has 0 aliphatic heterocycles. The van der Waals surface area contributed by atoms with Gasteiger partial charge in [-0.25, -0.2) is 10.3 Å². The predicted molar refractivity (Wildman–Crippen MR) is 160 cm³/mol. The van der Waals surface area contributed by atoms with Gasteiger partial charge < -0.3 is 25.2 Å². The molecule has 4 N–H and O–H groups in total. The smallest absolute Gasteiger partial charge is 0.331 e. The fourth-order valence-electron chi connectivity index (χ4n) is 4.48. The molecule has 2 aromatic rings. The highest BCUT2D eigenvalue weighted by Gasteiger charge is 2.41. The van der Waals surface area contributed by atoms with Gasteiger partial charge in [-0.3, -0.25) is 9.59 Å². The van der Waals surface area contributed by atoms with E-state index in [9.17, 15) is 18.9 Å². The van der Waals surface area contributed by atoms with E-state index in [0.29, 0.717) is 5.69 Å². The SMILES string of the molecule is CCC.CNC(C(=O)NC(C(=O)N(C)C/C=C(\C)C(=O)O)C(C)(C)C)C(C)(C)c1cn(C)c2cc(NF)ccc12. The number of carboxylic acids is 1. The van der Waals surface area contributed by atoms with E-state index in [1.165, 1.54) is 24.3 Å². The molecule has 1 aromatic carbocycles. The summed E-state index contributed by atoms with van der Waals surface area (Å²) >= 11 is 0. The zero-order chi connectivity index (χ0) is 31.0. The molecule has 9 nitrogen and oxygen atoms in total. The van der Waals surface area contributed by atoms with E-state index in [2.05, 4.69) is 24.5 Å². The maximum Gasteiger partial charge on any atom is 0.331 e. The quantitative estimate of drug-likeness (QED) is 0.245. The minimum atomic E-state index is -1.05. The summed E-state index contributed by atoms with van der Waals surface area (Å²) in [5, 5.41) is 16.1. The molecule has 2 rings (SSSR count). The number of aromatic nitrogens is 1. The molecular weight excluding hydrogens is 513 g/mol. The van der Waals surface area contributed by atoms with Crippen LogP contribution < -0.4 is 16.2 Å². The monoisotopic (exact) mass is 561 g/mol. The van der Waals surface area contributed by atoms with Crippen LogP contribution in [0, 0.1) is 5.41 Å². The number of hydrogen-bond donors (Lipinski definition) is 4. The first kappa shape index (κ1) is 34.6. The summed E-state index contributed by atoms with van der Waals surface area (Å²) < 4.78 is 14.9. The van der Waals surface area contributed by atoms with Gasteiger partial charge in [-0.15, -0.1) is 4.48 Å². The molecule has 0 aliphatic carbocycles. The number of hydrogen-bond acceptors (Lipinski definition) is 5. The minimum absolute atomic E-state index is 0.103. The number of nitrogens with one attached hydrogen (secondary N) is 3. The molecule has 0 bridgehead atoms. The molecule has 2 amide bonds. The molecule has 224 valence electrons. The molecule has 0 saturated carbocycles. The minimum Gasteiger partial charge on any atom is -0.478 e. The summed E-state index contributed by atoms with van der Waals surface area (Å²) in [6, 6.07) is 3.62. The maximum atomic E-state index is 13.7. The van der Waals surface area contributed by atoms with Crippen molar-refractivity contribution in [2.24, 2.45) is 12.5 Å². The Balaban J connectivity index is 0.00000254. The third kappa shape index (κ3) is 8.30. The van der Waals surface area contributed by atoms with Gasteiger partial charge >= 0.3 is 5.97 Å². The molecule has 40 heavy (non-hydrogen) atoms. The van der Waals surface area contributed by atoms with Crippen molar-refractivity contribution < 1.29 is 24.0 Å². The highest BCUT2D eigenvalue weighted by molar-refractivity contribution is 5.93. The maximum absolute atomic E-state index is 13.7. The Labute approximate surface area is 238 Å². The van der Waals surface area contributed by atoms with Gasteiger partial charge in [-0.05, 0) is 37.1 Å². The van der Waals surface area contributed by atoms with Crippen LogP contribution in [0.4, 0.5) is 10.2 Å². The number of halogens is 1. The summed E-state index contributed by atoms with van der Waals surface area (Å²) in [5.74, 6) is -1.71. The Morgan fingerprint density at radius 1 is 1.12 bits per heavy atom. The second kappa shape index (κ2) is 14.3. The first-order valence-corrected chi connectivity index (χ1v) is 13.6. The summed E-state index contributed by atoms with van der Waals surface area (Å²) in [6.07, 6.45) is 4.65. The molecule has 0 radical (unpaired) electrons. The molecule has 0 spiro atoms. The lowest BCUT2D eigenvalue weighted by Crippen LogP contribution is -2.60. The number of rotatable bonds is 10. The number of anilines is 1. The van der Waals surface area contributed by atoms with Crippen molar-refractivity contribution in [2.75, 3.05) is 26.2 Å². The van der Waals surface area contributed by atoms with Crippen molar-refractivity contribution in [3.63, 3.8) is 0 Å². The Morgan fingerprint density at radius 3 is 2.17 bits per heavy atom. The number of carboxylic acid groups (broad SMARTS) is 1. The first-order chi connectivity index (χ1) is 18.5. The largest absolute Gasteiger partial charge is 0.478 e. The van der Waals surface area contributed by atoms with E-state index in [-0.39, 0.29) is 23.9 Å². The van der Waals surface area contributed by atoms with Crippen molar-refractivity contribution in [3.8, 4) is 0 Å². The number of fused-ring (bicyclic) bond motifs is 1. The van der Waals surface area contributed by atoms with Gasteiger partial charge in [0.1, 0.15) is 6.04 Å². The molecule has 1 heterocycles. The lowest BCUT2D eigenvalue weighted by molar-refractivity contribution is -0.139. The van der Waals surface area contributed by atoms with Crippen molar-refractivity contribution in [1.29, 1.82) is 0 Å². The summed E-state index contributed by atoms with van der Waals surface area (Å²) in [5.41, 5.74) is 2.54. The Morgan fingerprint density at radius 2 is 1.70 bits per heavy atom. The standard InChI is InChI=1S/C27H40FN5O4.C3H8/c1-16(25(36)37)12-13-32(8)24(35)22(26(2,3)4)30-23(34)21(29-7)27(5,6)19-15-33(9)20-14-17(31-28)10-11-18(19)20;1-3-2/h10-12,14-15,21-22,29,31H,13H2,1-9H3,(H,30,34)(H,36,37);3H2,1-2H3/b16-12+;. The second-order valence-electron chi connectivity index (χ2n) is 11.8. The zero-order valence-corrected chi connectivity index (χ0v) is 25.9. The van der Waals surface area contributed by atoms with E-state index in [1.807, 2.05) is 58.5 Å². The number of aryl methyl sites for hydroxylation is 1. The number of benzene rings is 1. The van der Waals surface area contributed by atoms with E-state index < -0.39 is 28.9 Å². The van der Waals surface area contributed by atoms with Gasteiger partial charge in [-0.1, -0.05) is 67.0 Å². The molecule has 0 fully saturated rings. The lowest BCUT2D eigenvalue weighted by atomic mass is 9.76. The number of amides is 2. The Hall–Kier alpha value is -3.40. The molecule has 0 aliphatic rings. The third-order valence-corrected chi connectivity index (χ3v) is 6.85. The molecule has 0 saturated heterocycles. The van der Waals surface area contributed by atoms with Crippen LogP contribution in [0.25, 0.3) is 10.9 Å². The van der Waals surface area contributed by atoms with Crippen molar-refractivity contribution in [3.05, 3.63) is 41.6 Å². The molecule has 2 atom stereocenters. The van der Waals surface area contributed by atoms with Crippen LogP contribution in [0.5, 0.6) is 0 Å². The van der Waals surface area contributed by atoms with Crippen LogP contribution in [0.3, 0.4) is 0 Å². The number of aliphatic carboxylic acids is 1. The van der Waals surface area contributed by atoms with Gasteiger partial charge in [0.05, 0.1) is 17.2 Å². The van der Waals surface area contributed by atoms with Gasteiger partial charge in [0.2, 0.25) is 11.8 Å². The number of carbonyl (C=O) groups is 3. The van der Waals surface area contributed by atoms with E-state index in [1.54, 1.807) is 31.8 Å². The van der Waals surface area contributed by atoms with Gasteiger partial charge in [-0.2, -0.15) is 0 Å². The first-order valence-electron chi connectivity index (χ1n) is 13.6. The molecule has 2 unspecified atom stereocenters. The van der Waals surface area contributed by atoms with Crippen LogP contribution in [-0.2, 0) is 26.8 Å². The van der Waals surface area contributed by atoms with Crippen molar-refractivity contribution in [2.45, 2.75) is 79.3 Å². The summed E-state index contributed by atoms with van der Waals surface area (Å²) in [7, 11) is 5.14. The lowest BCUT2D eigenvalue weighted by Gasteiger charge is -2.38. The number of nitrogens with zero attached hydrogens (tertiary/aromatic N) is 2. The van der Waals surface area contributed by atoms with E-state index in [0.717, 1.165) is 16.5 Å². The van der Waals surface area contributed by atoms with Crippen LogP contribution >= 0.6 is 0 Å². The van der Waals surface area contributed by atoms with E-state index in [4.69, 9.17) is 5.11 Å². The van der Waals surface area contributed by atoms with Crippen LogP contribution in [0.1, 0.15) is 67.4 Å². The average molecular weight is 562 g/mol. The van der Waals surface area contributed by atoms with Crippen LogP contribution in [0.2, 0.25) is 0 Å². The normalized spacial score (nSPS) is 13.7. The molecule has 1 aromatic heterocycles. The van der Waals surface area contributed by atoms with Crippen LogP contribution in [0.15, 0.2) is 36.0 Å². The summed E-state index contributed by atoms with van der Waals surface area (Å²) in [4.78, 5) is 39.5. The van der Waals surface area contributed by atoms with Crippen molar-refractivity contribution >= 4 is 34.4 Å². The van der Waals surface area contributed by atoms with Crippen LogP contribution in [-0.4, -0.2) is 65.1 Å². The van der Waals surface area contributed by atoms with E-state index >= 15 is 0 Å². The highest BCUT2D eigenvalue weighted by atomic mass is 19.2. The fraction of sp³-hybridized carbons (Fsp3) is 0.567. The Bertz CT molecular complexity index is 1210. The molecular formula is C30H48FN5O4. The number of likely N-dealkylation sites (N-methyl/N-ethyl adjacent to an activating group) is 2. The second-order valence-corrected chi connectivity index (χ2v) is 11.8. The number of carbonyl (C=O) groups excluding carboxylic acids is 2. The summed E-state index contributed by atoms with van der Waals surface area (Å²) in [6.45, 7) is 15.3. The molecule has 10 heteroatoms. The fourth-order valence-corrected chi connectivity index (χ4v) is 4.48. The van der Waals surface area contributed by atoms with Crippen molar-refractivity contribution in [1.82, 2.24) is 20.1 Å². The predicted octanol–water partition coefficient (Wildman–Crippen LogP) is 4.78. The van der Waals surface area contributed by atoms with Gasteiger partial charge in [0, 0.05) is 43.2 Å².